The summed E-state index contributed by atoms with van der Waals surface area (Å²) in [5, 5.41) is 11.6. The van der Waals surface area contributed by atoms with Crippen LogP contribution in [0.4, 0.5) is 5.13 Å². The van der Waals surface area contributed by atoms with Gasteiger partial charge >= 0.3 is 5.91 Å². The van der Waals surface area contributed by atoms with Crippen LogP contribution in [-0.2, 0) is 9.59 Å². The van der Waals surface area contributed by atoms with Gasteiger partial charge in [-0.3, -0.25) is 14.5 Å². The predicted molar refractivity (Wildman–Crippen MR) is 129 cm³/mol. The van der Waals surface area contributed by atoms with E-state index in [9.17, 15) is 14.7 Å². The van der Waals surface area contributed by atoms with Gasteiger partial charge in [0.2, 0.25) is 0 Å². The van der Waals surface area contributed by atoms with Crippen LogP contribution in [0.25, 0.3) is 16.0 Å². The Hall–Kier alpha value is -3.97. The number of nitrogens with zero attached hydrogens (tertiary/aromatic N) is 2. The van der Waals surface area contributed by atoms with Crippen LogP contribution in [0.2, 0.25) is 0 Å². The molecular weight excluding hydrogens is 436 g/mol. The van der Waals surface area contributed by atoms with Crippen LogP contribution >= 0.6 is 11.3 Å². The summed E-state index contributed by atoms with van der Waals surface area (Å²) >= 11 is 1.33. The lowest BCUT2D eigenvalue weighted by molar-refractivity contribution is -0.132. The maximum atomic E-state index is 13.3. The van der Waals surface area contributed by atoms with E-state index in [-0.39, 0.29) is 11.3 Å². The number of aromatic nitrogens is 1. The molecule has 6 nitrogen and oxygen atoms in total. The number of thiazole rings is 1. The molecule has 1 amide bonds. The molecule has 3 aromatic carbocycles. The van der Waals surface area contributed by atoms with E-state index >= 15 is 0 Å². The molecule has 0 aliphatic carbocycles. The Morgan fingerprint density at radius 1 is 1.03 bits per heavy atom. The first kappa shape index (κ1) is 20.9. The topological polar surface area (TPSA) is 79.7 Å². The molecule has 0 radical (unpaired) electrons. The summed E-state index contributed by atoms with van der Waals surface area (Å²) in [6, 6.07) is 21.0. The summed E-state index contributed by atoms with van der Waals surface area (Å²) in [6.07, 6.45) is 0. The van der Waals surface area contributed by atoms with Gasteiger partial charge in [-0.2, -0.15) is 0 Å². The highest BCUT2D eigenvalue weighted by molar-refractivity contribution is 7.22. The zero-order valence-electron chi connectivity index (χ0n) is 18.0. The van der Waals surface area contributed by atoms with Crippen molar-refractivity contribution in [3.63, 3.8) is 0 Å². The fourth-order valence-electron chi connectivity index (χ4n) is 3.99. The Labute approximate surface area is 194 Å². The molecule has 164 valence electrons. The standard InChI is InChI=1S/C26H20N2O4S/c1-15-10-12-16(13-11-15)23(29)21-22(17-6-5-7-18(14-17)32-2)28(25(31)24(21)30)26-27-19-8-3-4-9-20(19)33-26/h3-14,22,29H,1-2H3. The number of aliphatic hydroxyl groups excluding tert-OH is 1. The second-order valence-electron chi connectivity index (χ2n) is 7.78. The second-order valence-corrected chi connectivity index (χ2v) is 8.79. The van der Waals surface area contributed by atoms with Crippen molar-refractivity contribution in [3.8, 4) is 5.75 Å². The average Bonchev–Trinajstić information content (AvgIpc) is 3.37. The number of methoxy groups -OCH3 is 1. The molecule has 1 fully saturated rings. The summed E-state index contributed by atoms with van der Waals surface area (Å²) in [6.45, 7) is 1.94. The Morgan fingerprint density at radius 3 is 2.52 bits per heavy atom. The number of para-hydroxylation sites is 1. The maximum absolute atomic E-state index is 13.3. The number of hydrogen-bond donors (Lipinski definition) is 1. The minimum Gasteiger partial charge on any atom is -0.507 e. The van der Waals surface area contributed by atoms with Crippen molar-refractivity contribution in [3.05, 3.63) is 95.1 Å². The summed E-state index contributed by atoms with van der Waals surface area (Å²) in [5.41, 5.74) is 2.89. The van der Waals surface area contributed by atoms with Crippen LogP contribution in [0, 0.1) is 6.92 Å². The number of aryl methyl sites for hydroxylation is 1. The Bertz CT molecular complexity index is 1390. The molecule has 1 aromatic heterocycles. The number of fused-ring (bicyclic) bond motifs is 1. The number of benzene rings is 3. The molecule has 5 rings (SSSR count). The summed E-state index contributed by atoms with van der Waals surface area (Å²) in [4.78, 5) is 32.5. The molecule has 0 bridgehead atoms. The number of anilines is 1. The van der Waals surface area contributed by atoms with Gasteiger partial charge in [0.1, 0.15) is 11.5 Å². The monoisotopic (exact) mass is 456 g/mol. The molecule has 33 heavy (non-hydrogen) atoms. The van der Waals surface area contributed by atoms with Crippen LogP contribution < -0.4 is 9.64 Å². The number of aliphatic hydroxyl groups is 1. The highest BCUT2D eigenvalue weighted by Crippen LogP contribution is 2.44. The zero-order chi connectivity index (χ0) is 23.1. The first-order chi connectivity index (χ1) is 16.0. The van der Waals surface area contributed by atoms with Crippen molar-refractivity contribution < 1.29 is 19.4 Å². The van der Waals surface area contributed by atoms with Crippen molar-refractivity contribution in [2.75, 3.05) is 12.0 Å². The number of carbonyl (C=O) groups excluding carboxylic acids is 2. The summed E-state index contributed by atoms with van der Waals surface area (Å²) in [7, 11) is 1.55. The van der Waals surface area contributed by atoms with Crippen molar-refractivity contribution in [1.29, 1.82) is 0 Å². The number of rotatable bonds is 4. The molecule has 4 aromatic rings. The fourth-order valence-corrected chi connectivity index (χ4v) is 4.98. The van der Waals surface area contributed by atoms with E-state index in [4.69, 9.17) is 4.74 Å². The van der Waals surface area contributed by atoms with Crippen molar-refractivity contribution >= 4 is 44.1 Å². The second kappa shape index (κ2) is 8.18. The van der Waals surface area contributed by atoms with E-state index in [0.29, 0.717) is 22.0 Å². The van der Waals surface area contributed by atoms with E-state index < -0.39 is 17.7 Å². The van der Waals surface area contributed by atoms with Gasteiger partial charge in [-0.1, -0.05) is 65.4 Å². The Balaban J connectivity index is 1.74. The molecular formula is C26H20N2O4S. The number of hydrogen-bond acceptors (Lipinski definition) is 6. The molecule has 1 saturated heterocycles. The minimum absolute atomic E-state index is 0.0244. The van der Waals surface area contributed by atoms with Gasteiger partial charge in [-0.15, -0.1) is 0 Å². The quantitative estimate of drug-likeness (QED) is 0.258. The fraction of sp³-hybridized carbons (Fsp3) is 0.115. The van der Waals surface area contributed by atoms with Gasteiger partial charge in [0.25, 0.3) is 5.78 Å². The molecule has 1 N–H and O–H groups in total. The number of amides is 1. The van der Waals surface area contributed by atoms with E-state index in [1.807, 2.05) is 49.4 Å². The molecule has 1 aliphatic heterocycles. The van der Waals surface area contributed by atoms with Crippen molar-refractivity contribution in [1.82, 2.24) is 4.98 Å². The molecule has 1 aliphatic rings. The number of Topliss-reactive ketones (excluding diaryl/α,β-unsaturated/α-hetero) is 1. The Morgan fingerprint density at radius 2 is 1.79 bits per heavy atom. The van der Waals surface area contributed by atoms with E-state index in [0.717, 1.165) is 15.8 Å². The smallest absolute Gasteiger partial charge is 0.301 e. The van der Waals surface area contributed by atoms with Crippen LogP contribution in [0.15, 0.2) is 78.4 Å². The molecule has 0 spiro atoms. The number of ketones is 1. The van der Waals surface area contributed by atoms with Gasteiger partial charge in [0.15, 0.2) is 5.13 Å². The van der Waals surface area contributed by atoms with Crippen LogP contribution in [0.5, 0.6) is 5.75 Å². The molecule has 1 unspecified atom stereocenters. The lowest BCUT2D eigenvalue weighted by Crippen LogP contribution is -2.29. The van der Waals surface area contributed by atoms with Gasteiger partial charge < -0.3 is 9.84 Å². The number of ether oxygens (including phenoxy) is 1. The first-order valence-corrected chi connectivity index (χ1v) is 11.2. The third kappa shape index (κ3) is 3.56. The van der Waals surface area contributed by atoms with Gasteiger partial charge in [0.05, 0.1) is 28.9 Å². The Kier molecular flexibility index (Phi) is 5.18. The SMILES string of the molecule is COc1cccc(C2C(=C(O)c3ccc(C)cc3)C(=O)C(=O)N2c2nc3ccccc3s2)c1. The third-order valence-electron chi connectivity index (χ3n) is 5.67. The van der Waals surface area contributed by atoms with Gasteiger partial charge in [0, 0.05) is 5.56 Å². The van der Waals surface area contributed by atoms with Crippen LogP contribution in [0.1, 0.15) is 22.7 Å². The third-order valence-corrected chi connectivity index (χ3v) is 6.70. The summed E-state index contributed by atoms with van der Waals surface area (Å²) < 4.78 is 6.27. The normalized spacial score (nSPS) is 17.6. The summed E-state index contributed by atoms with van der Waals surface area (Å²) in [5.74, 6) is -1.11. The molecule has 2 heterocycles. The highest BCUT2D eigenvalue weighted by atomic mass is 32.1. The predicted octanol–water partition coefficient (Wildman–Crippen LogP) is 5.24. The maximum Gasteiger partial charge on any atom is 0.301 e. The average molecular weight is 457 g/mol. The van der Waals surface area contributed by atoms with Crippen molar-refractivity contribution in [2.45, 2.75) is 13.0 Å². The molecule has 1 atom stereocenters. The van der Waals surface area contributed by atoms with Gasteiger partial charge in [-0.25, -0.2) is 4.98 Å². The molecule has 7 heteroatoms. The number of carbonyl (C=O) groups is 2. The largest absolute Gasteiger partial charge is 0.507 e. The van der Waals surface area contributed by atoms with E-state index in [1.165, 1.54) is 16.2 Å². The lowest BCUT2D eigenvalue weighted by Gasteiger charge is -2.23. The lowest BCUT2D eigenvalue weighted by atomic mass is 9.95. The van der Waals surface area contributed by atoms with Gasteiger partial charge in [-0.05, 0) is 36.8 Å². The highest BCUT2D eigenvalue weighted by Gasteiger charge is 2.48. The van der Waals surface area contributed by atoms with E-state index in [1.54, 1.807) is 37.4 Å². The zero-order valence-corrected chi connectivity index (χ0v) is 18.8. The van der Waals surface area contributed by atoms with Crippen molar-refractivity contribution in [2.24, 2.45) is 0 Å². The van der Waals surface area contributed by atoms with Crippen LogP contribution in [-0.4, -0.2) is 28.9 Å². The minimum atomic E-state index is -0.845. The van der Waals surface area contributed by atoms with Crippen LogP contribution in [0.3, 0.4) is 0 Å². The van der Waals surface area contributed by atoms with E-state index in [2.05, 4.69) is 4.98 Å². The first-order valence-electron chi connectivity index (χ1n) is 10.4. The molecule has 0 saturated carbocycles.